The van der Waals surface area contributed by atoms with Gasteiger partial charge in [-0.05, 0) is 122 Å². The van der Waals surface area contributed by atoms with Gasteiger partial charge in [0.15, 0.2) is 0 Å². The predicted octanol–water partition coefficient (Wildman–Crippen LogP) is 5.88. The van der Waals surface area contributed by atoms with Crippen molar-refractivity contribution in [2.45, 2.75) is 78.6 Å². The van der Waals surface area contributed by atoms with Crippen molar-refractivity contribution in [2.75, 3.05) is 31.1 Å². The van der Waals surface area contributed by atoms with E-state index in [2.05, 4.69) is 36.6 Å². The van der Waals surface area contributed by atoms with Gasteiger partial charge in [-0.25, -0.2) is 0 Å². The van der Waals surface area contributed by atoms with E-state index in [9.17, 15) is 0 Å². The van der Waals surface area contributed by atoms with Crippen LogP contribution in [0.3, 0.4) is 0 Å². The molecule has 160 valence electrons. The van der Waals surface area contributed by atoms with Crippen LogP contribution in [0.2, 0.25) is 0 Å². The lowest BCUT2D eigenvalue weighted by molar-refractivity contribution is 0.270. The first-order valence-electron chi connectivity index (χ1n) is 12.7. The second kappa shape index (κ2) is 7.18. The molecule has 0 amide bonds. The molecule has 5 aliphatic rings. The van der Waals surface area contributed by atoms with Crippen LogP contribution in [0, 0.1) is 25.7 Å². The molecular formula is C28H38N2. The fourth-order valence-corrected chi connectivity index (χ4v) is 7.55. The summed E-state index contributed by atoms with van der Waals surface area (Å²) >= 11 is 0. The largest absolute Gasteiger partial charge is 0.371 e. The van der Waals surface area contributed by atoms with Gasteiger partial charge in [-0.1, -0.05) is 13.0 Å². The Kier molecular flexibility index (Phi) is 4.55. The zero-order valence-electron chi connectivity index (χ0n) is 19.3. The van der Waals surface area contributed by atoms with Crippen molar-refractivity contribution < 1.29 is 0 Å². The maximum absolute atomic E-state index is 2.72. The minimum absolute atomic E-state index is 0.683. The Hall–Kier alpha value is -1.70. The Labute approximate surface area is 183 Å². The van der Waals surface area contributed by atoms with Crippen LogP contribution in [-0.2, 0) is 19.3 Å². The molecule has 1 fully saturated rings. The summed E-state index contributed by atoms with van der Waals surface area (Å²) in [6, 6.07) is 0. The first-order valence-corrected chi connectivity index (χ1v) is 12.7. The van der Waals surface area contributed by atoms with Crippen molar-refractivity contribution in [3.63, 3.8) is 0 Å². The standard InChI is InChI=1S/C28H38N2/c1-18-22(16-21-8-4-12-29-13-5-9-23(18)27(21)29)17-26-19(2)24-10-6-14-30-15-7-11-25(20(26)3)28(24)30/h16,18,22H,4-15,17H2,1-3H3. The van der Waals surface area contributed by atoms with E-state index in [1.807, 2.05) is 0 Å². The summed E-state index contributed by atoms with van der Waals surface area (Å²) in [5.74, 6) is 1.38. The molecule has 1 aromatic rings. The van der Waals surface area contributed by atoms with E-state index in [4.69, 9.17) is 0 Å². The number of benzene rings is 1. The molecule has 4 heterocycles. The van der Waals surface area contributed by atoms with Crippen LogP contribution >= 0.6 is 0 Å². The molecule has 0 N–H and O–H groups in total. The third kappa shape index (κ3) is 2.75. The number of rotatable bonds is 2. The van der Waals surface area contributed by atoms with Crippen LogP contribution < -0.4 is 4.90 Å². The van der Waals surface area contributed by atoms with E-state index >= 15 is 0 Å². The van der Waals surface area contributed by atoms with Gasteiger partial charge in [0.1, 0.15) is 0 Å². The molecular weight excluding hydrogens is 364 g/mol. The quantitative estimate of drug-likeness (QED) is 0.609. The van der Waals surface area contributed by atoms with E-state index in [0.717, 1.165) is 0 Å². The first-order chi connectivity index (χ1) is 14.6. The molecule has 2 nitrogen and oxygen atoms in total. The van der Waals surface area contributed by atoms with Crippen LogP contribution in [0.4, 0.5) is 5.69 Å². The van der Waals surface area contributed by atoms with Gasteiger partial charge < -0.3 is 9.80 Å². The maximum Gasteiger partial charge on any atom is 0.0436 e. The number of hydrogen-bond acceptors (Lipinski definition) is 2. The van der Waals surface area contributed by atoms with Gasteiger partial charge >= 0.3 is 0 Å². The van der Waals surface area contributed by atoms with Crippen LogP contribution in [0.25, 0.3) is 0 Å². The van der Waals surface area contributed by atoms with E-state index in [1.165, 1.54) is 84.0 Å². The molecule has 2 heteroatoms. The summed E-state index contributed by atoms with van der Waals surface area (Å²) in [6.07, 6.45) is 14.6. The molecule has 30 heavy (non-hydrogen) atoms. The molecule has 2 unspecified atom stereocenters. The minimum Gasteiger partial charge on any atom is -0.371 e. The Bertz CT molecular complexity index is 913. The lowest BCUT2D eigenvalue weighted by Gasteiger charge is -2.45. The fraction of sp³-hybridized carbons (Fsp3) is 0.643. The maximum atomic E-state index is 2.72. The van der Waals surface area contributed by atoms with Crippen molar-refractivity contribution >= 4 is 5.69 Å². The molecule has 2 atom stereocenters. The highest BCUT2D eigenvalue weighted by atomic mass is 15.2. The summed E-state index contributed by atoms with van der Waals surface area (Å²) < 4.78 is 0. The summed E-state index contributed by atoms with van der Waals surface area (Å²) in [7, 11) is 0. The van der Waals surface area contributed by atoms with Gasteiger partial charge in [0, 0.05) is 37.6 Å². The van der Waals surface area contributed by atoms with Gasteiger partial charge in [0.05, 0.1) is 0 Å². The molecule has 1 saturated heterocycles. The number of nitrogens with zero attached hydrogens (tertiary/aromatic N) is 2. The average Bonchev–Trinajstić information content (AvgIpc) is 2.78. The molecule has 6 rings (SSSR count). The van der Waals surface area contributed by atoms with E-state index in [1.54, 1.807) is 50.3 Å². The average molecular weight is 403 g/mol. The summed E-state index contributed by atoms with van der Waals surface area (Å²) in [4.78, 5) is 5.43. The van der Waals surface area contributed by atoms with Crippen molar-refractivity contribution in [1.29, 1.82) is 0 Å². The van der Waals surface area contributed by atoms with E-state index in [0.29, 0.717) is 11.8 Å². The second-order valence-electron chi connectivity index (χ2n) is 10.6. The third-order valence-corrected chi connectivity index (χ3v) is 9.13. The van der Waals surface area contributed by atoms with Crippen LogP contribution in [-0.4, -0.2) is 31.1 Å². The summed E-state index contributed by atoms with van der Waals surface area (Å²) in [6.45, 7) is 12.6. The number of anilines is 1. The highest BCUT2D eigenvalue weighted by Gasteiger charge is 2.36. The summed E-state index contributed by atoms with van der Waals surface area (Å²) in [5.41, 5.74) is 15.2. The van der Waals surface area contributed by atoms with Gasteiger partial charge in [-0.2, -0.15) is 0 Å². The minimum atomic E-state index is 0.683. The molecule has 0 radical (unpaired) electrons. The lowest BCUT2D eigenvalue weighted by atomic mass is 9.70. The molecule has 0 saturated carbocycles. The van der Waals surface area contributed by atoms with Crippen molar-refractivity contribution in [3.05, 3.63) is 50.7 Å². The number of piperidine rings is 1. The lowest BCUT2D eigenvalue weighted by Crippen LogP contribution is -2.38. The Morgan fingerprint density at radius 1 is 0.800 bits per heavy atom. The van der Waals surface area contributed by atoms with Crippen molar-refractivity contribution in [3.8, 4) is 0 Å². The Morgan fingerprint density at radius 3 is 2.10 bits per heavy atom. The van der Waals surface area contributed by atoms with Gasteiger partial charge in [0.2, 0.25) is 0 Å². The van der Waals surface area contributed by atoms with Crippen molar-refractivity contribution in [1.82, 2.24) is 4.90 Å². The molecule has 1 aromatic carbocycles. The first kappa shape index (κ1) is 19.0. The molecule has 1 aliphatic carbocycles. The highest BCUT2D eigenvalue weighted by Crippen LogP contribution is 2.47. The fourth-order valence-electron chi connectivity index (χ4n) is 7.55. The van der Waals surface area contributed by atoms with Gasteiger partial charge in [-0.15, -0.1) is 0 Å². The normalized spacial score (nSPS) is 27.6. The van der Waals surface area contributed by atoms with Crippen LogP contribution in [0.1, 0.15) is 73.3 Å². The van der Waals surface area contributed by atoms with Gasteiger partial charge in [0.25, 0.3) is 0 Å². The van der Waals surface area contributed by atoms with Crippen molar-refractivity contribution in [2.24, 2.45) is 11.8 Å². The van der Waals surface area contributed by atoms with E-state index < -0.39 is 0 Å². The molecule has 0 spiro atoms. The summed E-state index contributed by atoms with van der Waals surface area (Å²) in [5, 5.41) is 0. The van der Waals surface area contributed by atoms with Gasteiger partial charge in [-0.3, -0.25) is 0 Å². The SMILES string of the molecule is Cc1c(CC2C=C3CCCN4CCCC(=C34)C2C)c(C)c2c3c1CCCN3CCC2. The number of hydrogen-bond donors (Lipinski definition) is 0. The monoisotopic (exact) mass is 402 g/mol. The second-order valence-corrected chi connectivity index (χ2v) is 10.6. The predicted molar refractivity (Wildman–Crippen MR) is 126 cm³/mol. The number of allylic oxidation sites excluding steroid dienone is 3. The van der Waals surface area contributed by atoms with Crippen LogP contribution in [0.15, 0.2) is 22.9 Å². The third-order valence-electron chi connectivity index (χ3n) is 9.13. The Balaban J connectivity index is 1.40. The zero-order chi connectivity index (χ0) is 20.4. The Morgan fingerprint density at radius 2 is 1.40 bits per heavy atom. The highest BCUT2D eigenvalue weighted by molar-refractivity contribution is 5.69. The smallest absolute Gasteiger partial charge is 0.0436 e. The zero-order valence-corrected chi connectivity index (χ0v) is 19.3. The molecule has 0 aromatic heterocycles. The molecule has 0 bridgehead atoms. The van der Waals surface area contributed by atoms with Crippen LogP contribution in [0.5, 0.6) is 0 Å². The molecule has 4 aliphatic heterocycles. The van der Waals surface area contributed by atoms with E-state index in [-0.39, 0.29) is 0 Å². The topological polar surface area (TPSA) is 6.48 Å².